The lowest BCUT2D eigenvalue weighted by molar-refractivity contribution is -0.115. The maximum atomic E-state index is 12.3. The zero-order chi connectivity index (χ0) is 16.2. The number of aryl methyl sites for hydroxylation is 1. The number of nitrogens with one attached hydrogen (secondary N) is 1. The number of rotatable bonds is 5. The molecule has 4 nitrogen and oxygen atoms in total. The normalized spacial score (nSPS) is 12.3. The molecule has 1 aromatic heterocycles. The van der Waals surface area contributed by atoms with Crippen molar-refractivity contribution >= 4 is 34.5 Å². The van der Waals surface area contributed by atoms with Gasteiger partial charge in [0, 0.05) is 5.69 Å². The van der Waals surface area contributed by atoms with Gasteiger partial charge < -0.3 is 9.73 Å². The van der Waals surface area contributed by atoms with E-state index in [1.54, 1.807) is 0 Å². The predicted octanol–water partition coefficient (Wildman–Crippen LogP) is 4.51. The van der Waals surface area contributed by atoms with E-state index in [1.165, 1.54) is 17.3 Å². The second-order valence-corrected chi connectivity index (χ2v) is 6.54. The quantitative estimate of drug-likeness (QED) is 0.701. The lowest BCUT2D eigenvalue weighted by atomic mass is 10.1. The zero-order valence-corrected chi connectivity index (χ0v) is 13.9. The summed E-state index contributed by atoms with van der Waals surface area (Å²) in [5, 5.41) is 3.13. The molecule has 23 heavy (non-hydrogen) atoms. The van der Waals surface area contributed by atoms with Gasteiger partial charge in [-0.2, -0.15) is 0 Å². The van der Waals surface area contributed by atoms with Crippen molar-refractivity contribution in [1.29, 1.82) is 0 Å². The minimum atomic E-state index is -0.297. The van der Waals surface area contributed by atoms with Crippen LogP contribution in [0.25, 0.3) is 11.1 Å². The fraction of sp³-hybridized carbons (Fsp3) is 0.222. The van der Waals surface area contributed by atoms with E-state index in [0.29, 0.717) is 5.22 Å². The minimum absolute atomic E-state index is 0.0681. The Morgan fingerprint density at radius 1 is 1.22 bits per heavy atom. The van der Waals surface area contributed by atoms with Crippen molar-refractivity contribution in [3.05, 3.63) is 54.1 Å². The molecule has 3 aromatic rings. The summed E-state index contributed by atoms with van der Waals surface area (Å²) < 4.78 is 5.64. The fourth-order valence-corrected chi connectivity index (χ4v) is 2.93. The minimum Gasteiger partial charge on any atom is -0.431 e. The molecule has 1 heterocycles. The summed E-state index contributed by atoms with van der Waals surface area (Å²) in [6, 6.07) is 15.5. The number of hydrogen-bond donors (Lipinski definition) is 1. The number of para-hydroxylation sites is 2. The third-order valence-corrected chi connectivity index (χ3v) is 4.49. The second-order valence-electron chi connectivity index (χ2n) is 5.25. The number of oxazole rings is 1. The molecule has 0 aliphatic heterocycles. The largest absolute Gasteiger partial charge is 0.431 e. The highest BCUT2D eigenvalue weighted by Gasteiger charge is 2.18. The summed E-state index contributed by atoms with van der Waals surface area (Å²) in [6.07, 6.45) is 0.984. The topological polar surface area (TPSA) is 55.1 Å². The highest BCUT2D eigenvalue weighted by Crippen LogP contribution is 2.27. The molecule has 118 valence electrons. The SMILES string of the molecule is CCc1ccc(NC(=O)C(C)Sc2nc3ccccc3o2)cc1. The number of carbonyl (C=O) groups is 1. The van der Waals surface area contributed by atoms with Crippen LogP contribution in [0.5, 0.6) is 0 Å². The van der Waals surface area contributed by atoms with Gasteiger partial charge in [-0.05, 0) is 43.2 Å². The molecule has 0 spiro atoms. The molecule has 0 bridgehead atoms. The van der Waals surface area contributed by atoms with Crippen molar-refractivity contribution in [2.75, 3.05) is 5.32 Å². The second kappa shape index (κ2) is 6.87. The zero-order valence-electron chi connectivity index (χ0n) is 13.1. The van der Waals surface area contributed by atoms with E-state index in [1.807, 2.05) is 55.5 Å². The van der Waals surface area contributed by atoms with E-state index >= 15 is 0 Å². The van der Waals surface area contributed by atoms with E-state index in [9.17, 15) is 4.79 Å². The van der Waals surface area contributed by atoms with Crippen molar-refractivity contribution in [2.24, 2.45) is 0 Å². The summed E-state index contributed by atoms with van der Waals surface area (Å²) >= 11 is 1.31. The standard InChI is InChI=1S/C18H18N2O2S/c1-3-13-8-10-14(11-9-13)19-17(21)12(2)23-18-20-15-6-4-5-7-16(15)22-18/h4-12H,3H2,1-2H3,(H,19,21). The molecular formula is C18H18N2O2S. The molecule has 2 aromatic carbocycles. The van der Waals surface area contributed by atoms with Crippen LogP contribution in [-0.4, -0.2) is 16.1 Å². The van der Waals surface area contributed by atoms with Crippen molar-refractivity contribution < 1.29 is 9.21 Å². The molecule has 3 rings (SSSR count). The number of nitrogens with zero attached hydrogens (tertiary/aromatic N) is 1. The number of amides is 1. The molecule has 0 radical (unpaired) electrons. The monoisotopic (exact) mass is 326 g/mol. The Bertz CT molecular complexity index is 778. The number of aromatic nitrogens is 1. The highest BCUT2D eigenvalue weighted by molar-refractivity contribution is 8.00. The Morgan fingerprint density at radius 2 is 1.96 bits per heavy atom. The molecule has 0 aliphatic carbocycles. The van der Waals surface area contributed by atoms with Crippen LogP contribution >= 0.6 is 11.8 Å². The average molecular weight is 326 g/mol. The van der Waals surface area contributed by atoms with Crippen LogP contribution in [0.4, 0.5) is 5.69 Å². The molecule has 1 amide bonds. The molecule has 1 unspecified atom stereocenters. The first-order valence-corrected chi connectivity index (χ1v) is 8.45. The van der Waals surface area contributed by atoms with E-state index in [2.05, 4.69) is 17.2 Å². The first-order valence-electron chi connectivity index (χ1n) is 7.57. The average Bonchev–Trinajstić information content (AvgIpc) is 2.97. The summed E-state index contributed by atoms with van der Waals surface area (Å²) in [4.78, 5) is 16.7. The number of anilines is 1. The van der Waals surface area contributed by atoms with Gasteiger partial charge in [-0.3, -0.25) is 4.79 Å². The Labute approximate surface area is 139 Å². The van der Waals surface area contributed by atoms with Crippen molar-refractivity contribution in [2.45, 2.75) is 30.7 Å². The molecule has 0 saturated heterocycles. The number of thioether (sulfide) groups is 1. The van der Waals surface area contributed by atoms with Gasteiger partial charge in [0.15, 0.2) is 5.58 Å². The molecule has 0 saturated carbocycles. The molecule has 0 aliphatic rings. The Morgan fingerprint density at radius 3 is 2.65 bits per heavy atom. The summed E-state index contributed by atoms with van der Waals surface area (Å²) in [7, 11) is 0. The van der Waals surface area contributed by atoms with Gasteiger partial charge in [0.1, 0.15) is 5.52 Å². The smallest absolute Gasteiger partial charge is 0.257 e. The molecular weight excluding hydrogens is 308 g/mol. The van der Waals surface area contributed by atoms with E-state index in [-0.39, 0.29) is 11.2 Å². The first-order chi connectivity index (χ1) is 11.2. The lowest BCUT2D eigenvalue weighted by Crippen LogP contribution is -2.22. The van der Waals surface area contributed by atoms with Gasteiger partial charge in [0.2, 0.25) is 5.91 Å². The van der Waals surface area contributed by atoms with Gasteiger partial charge in [-0.1, -0.05) is 43.0 Å². The lowest BCUT2D eigenvalue weighted by Gasteiger charge is -2.10. The molecule has 0 fully saturated rings. The van der Waals surface area contributed by atoms with Gasteiger partial charge >= 0.3 is 0 Å². The van der Waals surface area contributed by atoms with Crippen molar-refractivity contribution in [1.82, 2.24) is 4.98 Å². The maximum absolute atomic E-state index is 12.3. The number of fused-ring (bicyclic) bond motifs is 1. The predicted molar refractivity (Wildman–Crippen MR) is 93.8 cm³/mol. The van der Waals surface area contributed by atoms with E-state index < -0.39 is 0 Å². The summed E-state index contributed by atoms with van der Waals surface area (Å²) in [5.41, 5.74) is 3.59. The Hall–Kier alpha value is -2.27. The van der Waals surface area contributed by atoms with Crippen LogP contribution in [0.1, 0.15) is 19.4 Å². The van der Waals surface area contributed by atoms with E-state index in [4.69, 9.17) is 4.42 Å². The Balaban J connectivity index is 1.64. The van der Waals surface area contributed by atoms with Crippen LogP contribution in [0, 0.1) is 0 Å². The van der Waals surface area contributed by atoms with Crippen molar-refractivity contribution in [3.63, 3.8) is 0 Å². The molecule has 5 heteroatoms. The highest BCUT2D eigenvalue weighted by atomic mass is 32.2. The first kappa shape index (κ1) is 15.6. The van der Waals surface area contributed by atoms with Gasteiger partial charge in [0.05, 0.1) is 5.25 Å². The van der Waals surface area contributed by atoms with Crippen LogP contribution in [0.3, 0.4) is 0 Å². The van der Waals surface area contributed by atoms with Crippen LogP contribution < -0.4 is 5.32 Å². The van der Waals surface area contributed by atoms with Crippen LogP contribution in [0.15, 0.2) is 58.2 Å². The van der Waals surface area contributed by atoms with Gasteiger partial charge in [-0.25, -0.2) is 4.98 Å². The van der Waals surface area contributed by atoms with Crippen molar-refractivity contribution in [3.8, 4) is 0 Å². The van der Waals surface area contributed by atoms with E-state index in [0.717, 1.165) is 23.2 Å². The number of hydrogen-bond acceptors (Lipinski definition) is 4. The van der Waals surface area contributed by atoms with Crippen LogP contribution in [0.2, 0.25) is 0 Å². The maximum Gasteiger partial charge on any atom is 0.257 e. The third-order valence-electron chi connectivity index (χ3n) is 3.55. The molecule has 1 atom stereocenters. The number of benzene rings is 2. The molecule has 1 N–H and O–H groups in total. The summed E-state index contributed by atoms with van der Waals surface area (Å²) in [6.45, 7) is 3.95. The third kappa shape index (κ3) is 3.74. The fourth-order valence-electron chi connectivity index (χ4n) is 2.17. The summed E-state index contributed by atoms with van der Waals surface area (Å²) in [5.74, 6) is -0.0681. The van der Waals surface area contributed by atoms with Crippen LogP contribution in [-0.2, 0) is 11.2 Å². The number of carbonyl (C=O) groups excluding carboxylic acids is 1. The van der Waals surface area contributed by atoms with Gasteiger partial charge in [-0.15, -0.1) is 0 Å². The Kier molecular flexibility index (Phi) is 4.67. The van der Waals surface area contributed by atoms with Gasteiger partial charge in [0.25, 0.3) is 5.22 Å².